The molecule has 1 atom stereocenters. The molecule has 0 saturated carbocycles. The van der Waals surface area contributed by atoms with Gasteiger partial charge in [0.2, 0.25) is 10.0 Å². The first-order valence-corrected chi connectivity index (χ1v) is 7.43. The molecule has 1 aromatic heterocycles. The van der Waals surface area contributed by atoms with Crippen molar-refractivity contribution in [3.63, 3.8) is 0 Å². The van der Waals surface area contributed by atoms with Crippen molar-refractivity contribution in [2.24, 2.45) is 12.2 Å². The highest BCUT2D eigenvalue weighted by Crippen LogP contribution is 2.25. The summed E-state index contributed by atoms with van der Waals surface area (Å²) in [6.45, 7) is 0. The minimum Gasteiger partial charge on any atom is -0.479 e. The average Bonchev–Trinajstić information content (AvgIpc) is 2.81. The highest BCUT2D eigenvalue weighted by molar-refractivity contribution is 7.89. The van der Waals surface area contributed by atoms with Gasteiger partial charge < -0.3 is 10.4 Å². The van der Waals surface area contributed by atoms with Crippen LogP contribution >= 0.6 is 0 Å². The number of nitrogens with two attached hydrogens (primary N) is 1. The van der Waals surface area contributed by atoms with E-state index in [0.29, 0.717) is 5.56 Å². The summed E-state index contributed by atoms with van der Waals surface area (Å²) in [5.74, 6) is -1.16. The van der Waals surface area contributed by atoms with Gasteiger partial charge >= 0.3 is 5.97 Å². The van der Waals surface area contributed by atoms with Gasteiger partial charge in [-0.25, -0.2) is 18.4 Å². The van der Waals surface area contributed by atoms with E-state index < -0.39 is 22.0 Å². The second kappa shape index (κ2) is 5.54. The Bertz CT molecular complexity index is 769. The molecule has 0 amide bonds. The summed E-state index contributed by atoms with van der Waals surface area (Å²) in [7, 11) is -2.30. The molecule has 4 N–H and O–H groups in total. The molecular weight excluding hydrogens is 296 g/mol. The number of carbonyl (C=O) groups is 1. The van der Waals surface area contributed by atoms with Gasteiger partial charge in [-0.3, -0.25) is 4.68 Å². The van der Waals surface area contributed by atoms with Crippen LogP contribution in [0.4, 0.5) is 5.69 Å². The Kier molecular flexibility index (Phi) is 3.96. The molecule has 0 spiro atoms. The van der Waals surface area contributed by atoms with Crippen LogP contribution in [0.3, 0.4) is 0 Å². The zero-order valence-electron chi connectivity index (χ0n) is 11.1. The lowest BCUT2D eigenvalue weighted by atomic mass is 10.1. The Hall–Kier alpha value is -2.39. The number of nitrogens with zero attached hydrogens (tertiary/aromatic N) is 2. The molecule has 0 bridgehead atoms. The van der Waals surface area contributed by atoms with Gasteiger partial charge in [0.1, 0.15) is 4.90 Å². The van der Waals surface area contributed by atoms with Crippen LogP contribution in [-0.2, 0) is 21.9 Å². The smallest absolute Gasteiger partial charge is 0.330 e. The number of benzene rings is 1. The molecule has 1 heterocycles. The maximum atomic E-state index is 11.5. The minimum absolute atomic E-state index is 0.122. The van der Waals surface area contributed by atoms with E-state index in [4.69, 9.17) is 5.14 Å². The van der Waals surface area contributed by atoms with Crippen molar-refractivity contribution in [2.45, 2.75) is 10.9 Å². The normalized spacial score (nSPS) is 12.9. The third-order valence-corrected chi connectivity index (χ3v) is 3.77. The summed E-state index contributed by atoms with van der Waals surface area (Å²) in [5, 5.41) is 21.0. The molecular formula is C12H14N4O4S. The van der Waals surface area contributed by atoms with E-state index in [-0.39, 0.29) is 10.6 Å². The van der Waals surface area contributed by atoms with Crippen molar-refractivity contribution in [3.8, 4) is 0 Å². The lowest BCUT2D eigenvalue weighted by Gasteiger charge is -2.16. The summed E-state index contributed by atoms with van der Waals surface area (Å²) < 4.78 is 24.5. The number of rotatable bonds is 5. The van der Waals surface area contributed by atoms with E-state index in [0.717, 1.165) is 0 Å². The maximum absolute atomic E-state index is 11.5. The molecule has 2 aromatic rings. The number of aryl methyl sites for hydroxylation is 1. The molecule has 0 aliphatic heterocycles. The highest BCUT2D eigenvalue weighted by atomic mass is 32.2. The number of anilines is 1. The highest BCUT2D eigenvalue weighted by Gasteiger charge is 2.24. The molecule has 21 heavy (non-hydrogen) atoms. The second-order valence-electron chi connectivity index (χ2n) is 4.40. The number of carboxylic acid groups (broad SMARTS) is 1. The van der Waals surface area contributed by atoms with Crippen LogP contribution in [0.5, 0.6) is 0 Å². The molecule has 9 heteroatoms. The van der Waals surface area contributed by atoms with Gasteiger partial charge in [-0.05, 0) is 12.1 Å². The summed E-state index contributed by atoms with van der Waals surface area (Å²) in [6, 6.07) is 4.71. The maximum Gasteiger partial charge on any atom is 0.330 e. The fraction of sp³-hybridized carbons (Fsp3) is 0.167. The SMILES string of the molecule is Cn1cc(C(Nc2ccccc2S(N)(=O)=O)C(=O)O)cn1. The summed E-state index contributed by atoms with van der Waals surface area (Å²) in [4.78, 5) is 11.2. The van der Waals surface area contributed by atoms with Crippen LogP contribution in [0.2, 0.25) is 0 Å². The van der Waals surface area contributed by atoms with Crippen LogP contribution in [0.15, 0.2) is 41.6 Å². The predicted octanol–water partition coefficient (Wildman–Crippen LogP) is 0.305. The Balaban J connectivity index is 2.41. The van der Waals surface area contributed by atoms with Crippen LogP contribution in [0.1, 0.15) is 11.6 Å². The third kappa shape index (κ3) is 3.38. The topological polar surface area (TPSA) is 127 Å². The molecule has 112 valence electrons. The van der Waals surface area contributed by atoms with Gasteiger partial charge in [0.05, 0.1) is 11.9 Å². The Morgan fingerprint density at radius 3 is 2.62 bits per heavy atom. The molecule has 1 aromatic carbocycles. The van der Waals surface area contributed by atoms with Crippen molar-refractivity contribution in [3.05, 3.63) is 42.2 Å². The van der Waals surface area contributed by atoms with E-state index in [9.17, 15) is 18.3 Å². The van der Waals surface area contributed by atoms with Gasteiger partial charge in [-0.15, -0.1) is 0 Å². The molecule has 0 aliphatic carbocycles. The Morgan fingerprint density at radius 2 is 2.10 bits per heavy atom. The van der Waals surface area contributed by atoms with Crippen molar-refractivity contribution in [2.75, 3.05) is 5.32 Å². The van der Waals surface area contributed by atoms with Crippen molar-refractivity contribution >= 4 is 21.7 Å². The van der Waals surface area contributed by atoms with Crippen molar-refractivity contribution in [1.82, 2.24) is 9.78 Å². The number of sulfonamides is 1. The monoisotopic (exact) mass is 310 g/mol. The number of hydrogen-bond acceptors (Lipinski definition) is 5. The Morgan fingerprint density at radius 1 is 1.43 bits per heavy atom. The van der Waals surface area contributed by atoms with E-state index >= 15 is 0 Å². The molecule has 0 saturated heterocycles. The summed E-state index contributed by atoms with van der Waals surface area (Å²) >= 11 is 0. The standard InChI is InChI=1S/C12H14N4O4S/c1-16-7-8(6-14-16)11(12(17)18)15-9-4-2-3-5-10(9)21(13,19)20/h2-7,11,15H,1H3,(H,17,18)(H2,13,19,20). The van der Waals surface area contributed by atoms with Crippen LogP contribution < -0.4 is 10.5 Å². The fourth-order valence-corrected chi connectivity index (χ4v) is 2.57. The largest absolute Gasteiger partial charge is 0.479 e. The second-order valence-corrected chi connectivity index (χ2v) is 5.93. The summed E-state index contributed by atoms with van der Waals surface area (Å²) in [6.07, 6.45) is 2.93. The Labute approximate surface area is 121 Å². The molecule has 0 fully saturated rings. The van der Waals surface area contributed by atoms with Gasteiger partial charge in [0.15, 0.2) is 6.04 Å². The fourth-order valence-electron chi connectivity index (χ4n) is 1.87. The first-order chi connectivity index (χ1) is 9.79. The summed E-state index contributed by atoms with van der Waals surface area (Å²) in [5.41, 5.74) is 0.519. The van der Waals surface area contributed by atoms with Gasteiger partial charge in [0, 0.05) is 18.8 Å². The molecule has 2 rings (SSSR count). The number of primary sulfonamides is 1. The van der Waals surface area contributed by atoms with Gasteiger partial charge in [-0.1, -0.05) is 12.1 Å². The van der Waals surface area contributed by atoms with E-state index in [2.05, 4.69) is 10.4 Å². The first kappa shape index (κ1) is 15.0. The molecule has 0 aliphatic rings. The van der Waals surface area contributed by atoms with Gasteiger partial charge in [0.25, 0.3) is 0 Å². The van der Waals surface area contributed by atoms with E-state index in [1.165, 1.54) is 35.3 Å². The number of hydrogen-bond donors (Lipinski definition) is 3. The molecule has 0 radical (unpaired) electrons. The zero-order chi connectivity index (χ0) is 15.6. The number of carboxylic acids is 1. The lowest BCUT2D eigenvalue weighted by Crippen LogP contribution is -2.22. The van der Waals surface area contributed by atoms with Gasteiger partial charge in [-0.2, -0.15) is 5.10 Å². The lowest BCUT2D eigenvalue weighted by molar-refractivity contribution is -0.138. The molecule has 1 unspecified atom stereocenters. The third-order valence-electron chi connectivity index (χ3n) is 2.80. The van der Waals surface area contributed by atoms with Crippen LogP contribution in [0, 0.1) is 0 Å². The van der Waals surface area contributed by atoms with Crippen LogP contribution in [0.25, 0.3) is 0 Å². The number of para-hydroxylation sites is 1. The van der Waals surface area contributed by atoms with E-state index in [1.54, 1.807) is 13.1 Å². The first-order valence-electron chi connectivity index (χ1n) is 5.89. The number of aliphatic carboxylic acids is 1. The average molecular weight is 310 g/mol. The van der Waals surface area contributed by atoms with Crippen LogP contribution in [-0.4, -0.2) is 29.3 Å². The predicted molar refractivity (Wildman–Crippen MR) is 75.0 cm³/mol. The zero-order valence-corrected chi connectivity index (χ0v) is 11.9. The van der Waals surface area contributed by atoms with Crippen molar-refractivity contribution in [1.29, 1.82) is 0 Å². The van der Waals surface area contributed by atoms with Crippen molar-refractivity contribution < 1.29 is 18.3 Å². The quantitative estimate of drug-likeness (QED) is 0.729. The minimum atomic E-state index is -3.96. The number of nitrogens with one attached hydrogen (secondary N) is 1. The van der Waals surface area contributed by atoms with E-state index in [1.807, 2.05) is 0 Å². The number of aromatic nitrogens is 2. The molecule has 8 nitrogen and oxygen atoms in total.